The lowest BCUT2D eigenvalue weighted by Crippen LogP contribution is -2.50. The number of rotatable bonds is 7. The van der Waals surface area contributed by atoms with Crippen LogP contribution in [0.2, 0.25) is 5.02 Å². The van der Waals surface area contributed by atoms with E-state index in [0.29, 0.717) is 10.6 Å². The summed E-state index contributed by atoms with van der Waals surface area (Å²) in [5, 5.41) is 3.63. The van der Waals surface area contributed by atoms with E-state index in [-0.39, 0.29) is 36.6 Å². The standard InChI is InChI=1S/C23H26ClFN2O2/c1-16(23(29)26-20-7-3-4-8-20)27(15-18-6-2-5-9-21(18)25)22(28)14-17-10-12-19(24)13-11-17/h2,5-6,9-13,16,20H,3-4,7-8,14-15H2,1H3,(H,26,29)/t16-/m1/s1. The minimum atomic E-state index is -0.699. The van der Waals surface area contributed by atoms with E-state index in [2.05, 4.69) is 5.32 Å². The van der Waals surface area contributed by atoms with Crippen molar-refractivity contribution < 1.29 is 14.0 Å². The molecule has 0 radical (unpaired) electrons. The normalized spacial score (nSPS) is 15.1. The Morgan fingerprint density at radius 3 is 2.45 bits per heavy atom. The quantitative estimate of drug-likeness (QED) is 0.722. The number of carbonyl (C=O) groups excluding carboxylic acids is 2. The summed E-state index contributed by atoms with van der Waals surface area (Å²) < 4.78 is 14.2. The second-order valence-electron chi connectivity index (χ2n) is 7.58. The Morgan fingerprint density at radius 2 is 1.79 bits per heavy atom. The lowest BCUT2D eigenvalue weighted by atomic mass is 10.1. The van der Waals surface area contributed by atoms with Crippen molar-refractivity contribution >= 4 is 23.4 Å². The number of hydrogen-bond donors (Lipinski definition) is 1. The molecular weight excluding hydrogens is 391 g/mol. The van der Waals surface area contributed by atoms with Gasteiger partial charge in [0.2, 0.25) is 11.8 Å². The van der Waals surface area contributed by atoms with Gasteiger partial charge < -0.3 is 10.2 Å². The van der Waals surface area contributed by atoms with Gasteiger partial charge in [0.05, 0.1) is 6.42 Å². The van der Waals surface area contributed by atoms with Crippen LogP contribution in [-0.2, 0) is 22.6 Å². The number of nitrogens with one attached hydrogen (secondary N) is 1. The lowest BCUT2D eigenvalue weighted by Gasteiger charge is -2.30. The fourth-order valence-electron chi connectivity index (χ4n) is 3.66. The largest absolute Gasteiger partial charge is 0.352 e. The van der Waals surface area contributed by atoms with E-state index < -0.39 is 6.04 Å². The Labute approximate surface area is 176 Å². The monoisotopic (exact) mass is 416 g/mol. The van der Waals surface area contributed by atoms with E-state index in [0.717, 1.165) is 31.2 Å². The van der Waals surface area contributed by atoms with E-state index in [1.807, 2.05) is 0 Å². The van der Waals surface area contributed by atoms with Gasteiger partial charge in [-0.05, 0) is 43.5 Å². The molecule has 4 nitrogen and oxygen atoms in total. The lowest BCUT2D eigenvalue weighted by molar-refractivity contribution is -0.140. The molecule has 1 fully saturated rings. The van der Waals surface area contributed by atoms with E-state index in [9.17, 15) is 14.0 Å². The number of carbonyl (C=O) groups is 2. The van der Waals surface area contributed by atoms with Gasteiger partial charge in [-0.25, -0.2) is 4.39 Å². The molecule has 0 spiro atoms. The van der Waals surface area contributed by atoms with Crippen LogP contribution in [0.25, 0.3) is 0 Å². The van der Waals surface area contributed by atoms with Gasteiger partial charge in [-0.1, -0.05) is 54.8 Å². The second-order valence-corrected chi connectivity index (χ2v) is 8.02. The third-order valence-corrected chi connectivity index (χ3v) is 5.69. The number of halogens is 2. The molecule has 0 aromatic heterocycles. The number of amides is 2. The van der Waals surface area contributed by atoms with Crippen LogP contribution < -0.4 is 5.32 Å². The first-order chi connectivity index (χ1) is 13.9. The highest BCUT2D eigenvalue weighted by atomic mass is 35.5. The summed E-state index contributed by atoms with van der Waals surface area (Å²) in [5.74, 6) is -0.817. The minimum Gasteiger partial charge on any atom is -0.352 e. The minimum absolute atomic E-state index is 0.0400. The maximum atomic E-state index is 14.2. The molecule has 29 heavy (non-hydrogen) atoms. The molecule has 1 N–H and O–H groups in total. The van der Waals surface area contributed by atoms with Gasteiger partial charge in [0, 0.05) is 23.2 Å². The van der Waals surface area contributed by atoms with Gasteiger partial charge in [-0.15, -0.1) is 0 Å². The molecule has 2 amide bonds. The van der Waals surface area contributed by atoms with Crippen molar-refractivity contribution in [2.45, 2.75) is 57.7 Å². The van der Waals surface area contributed by atoms with Crippen molar-refractivity contribution in [3.8, 4) is 0 Å². The Kier molecular flexibility index (Phi) is 7.26. The average molecular weight is 417 g/mol. The highest BCUT2D eigenvalue weighted by molar-refractivity contribution is 6.30. The van der Waals surface area contributed by atoms with E-state index in [4.69, 9.17) is 11.6 Å². The van der Waals surface area contributed by atoms with E-state index in [1.54, 1.807) is 49.4 Å². The summed E-state index contributed by atoms with van der Waals surface area (Å²) in [7, 11) is 0. The first kappa shape index (κ1) is 21.3. The van der Waals surface area contributed by atoms with E-state index >= 15 is 0 Å². The molecule has 1 saturated carbocycles. The molecule has 6 heteroatoms. The van der Waals surface area contributed by atoms with Crippen molar-refractivity contribution in [1.82, 2.24) is 10.2 Å². The molecule has 2 aromatic carbocycles. The third-order valence-electron chi connectivity index (χ3n) is 5.44. The third kappa shape index (κ3) is 5.80. The van der Waals surface area contributed by atoms with Crippen LogP contribution in [0.15, 0.2) is 48.5 Å². The Morgan fingerprint density at radius 1 is 1.14 bits per heavy atom. The smallest absolute Gasteiger partial charge is 0.242 e. The van der Waals surface area contributed by atoms with Crippen LogP contribution in [0.5, 0.6) is 0 Å². The molecular formula is C23H26ClFN2O2. The van der Waals surface area contributed by atoms with Gasteiger partial charge in [0.15, 0.2) is 0 Å². The highest BCUT2D eigenvalue weighted by Crippen LogP contribution is 2.19. The van der Waals surface area contributed by atoms with Crippen molar-refractivity contribution in [1.29, 1.82) is 0 Å². The summed E-state index contributed by atoms with van der Waals surface area (Å²) >= 11 is 5.92. The van der Waals surface area contributed by atoms with Gasteiger partial charge in [0.25, 0.3) is 0 Å². The first-order valence-electron chi connectivity index (χ1n) is 10.0. The van der Waals surface area contributed by atoms with Crippen molar-refractivity contribution in [2.24, 2.45) is 0 Å². The number of benzene rings is 2. The molecule has 0 heterocycles. The second kappa shape index (κ2) is 9.88. The predicted octanol–water partition coefficient (Wildman–Crippen LogP) is 4.50. The fraction of sp³-hybridized carbons (Fsp3) is 0.391. The van der Waals surface area contributed by atoms with Crippen molar-refractivity contribution in [2.75, 3.05) is 0 Å². The molecule has 3 rings (SSSR count). The van der Waals surface area contributed by atoms with Crippen LogP contribution in [0, 0.1) is 5.82 Å². The fourth-order valence-corrected chi connectivity index (χ4v) is 3.79. The Bertz CT molecular complexity index is 850. The van der Waals surface area contributed by atoms with Crippen LogP contribution in [0.3, 0.4) is 0 Å². The maximum absolute atomic E-state index is 14.2. The highest BCUT2D eigenvalue weighted by Gasteiger charge is 2.29. The van der Waals surface area contributed by atoms with Gasteiger partial charge >= 0.3 is 0 Å². The van der Waals surface area contributed by atoms with Crippen LogP contribution in [0.4, 0.5) is 4.39 Å². The number of hydrogen-bond acceptors (Lipinski definition) is 2. The summed E-state index contributed by atoms with van der Waals surface area (Å²) in [4.78, 5) is 27.3. The zero-order valence-corrected chi connectivity index (χ0v) is 17.3. The summed E-state index contributed by atoms with van der Waals surface area (Å²) in [5.41, 5.74) is 1.18. The van der Waals surface area contributed by atoms with E-state index in [1.165, 1.54) is 11.0 Å². The first-order valence-corrected chi connectivity index (χ1v) is 10.4. The van der Waals surface area contributed by atoms with Crippen LogP contribution >= 0.6 is 11.6 Å². The van der Waals surface area contributed by atoms with Gasteiger partial charge in [0.1, 0.15) is 11.9 Å². The maximum Gasteiger partial charge on any atom is 0.242 e. The Balaban J connectivity index is 1.77. The van der Waals surface area contributed by atoms with Gasteiger partial charge in [-0.3, -0.25) is 9.59 Å². The molecule has 0 bridgehead atoms. The zero-order valence-electron chi connectivity index (χ0n) is 16.5. The molecule has 0 unspecified atom stereocenters. The molecule has 2 aromatic rings. The van der Waals surface area contributed by atoms with Crippen molar-refractivity contribution in [3.63, 3.8) is 0 Å². The average Bonchev–Trinajstić information content (AvgIpc) is 3.21. The number of nitrogens with zero attached hydrogens (tertiary/aromatic N) is 1. The Hall–Kier alpha value is -2.40. The zero-order chi connectivity index (χ0) is 20.8. The van der Waals surface area contributed by atoms with Crippen molar-refractivity contribution in [3.05, 3.63) is 70.5 Å². The molecule has 0 aliphatic heterocycles. The topological polar surface area (TPSA) is 49.4 Å². The van der Waals surface area contributed by atoms with Crippen LogP contribution in [-0.4, -0.2) is 28.8 Å². The molecule has 1 atom stereocenters. The molecule has 1 aliphatic carbocycles. The van der Waals surface area contributed by atoms with Gasteiger partial charge in [-0.2, -0.15) is 0 Å². The summed E-state index contributed by atoms with van der Waals surface area (Å²) in [6.07, 6.45) is 4.25. The van der Waals surface area contributed by atoms with Crippen LogP contribution in [0.1, 0.15) is 43.7 Å². The predicted molar refractivity (Wildman–Crippen MR) is 112 cm³/mol. The molecule has 154 valence electrons. The summed E-state index contributed by atoms with van der Waals surface area (Å²) in [6, 6.07) is 12.8. The summed E-state index contributed by atoms with van der Waals surface area (Å²) in [6.45, 7) is 1.74. The molecule has 0 saturated heterocycles. The SMILES string of the molecule is C[C@H](C(=O)NC1CCCC1)N(Cc1ccccc1F)C(=O)Cc1ccc(Cl)cc1. The molecule has 1 aliphatic rings.